The van der Waals surface area contributed by atoms with E-state index in [0.29, 0.717) is 6.54 Å². The Balaban J connectivity index is 2.18. The number of rotatable bonds is 5. The number of benzene rings is 1. The van der Waals surface area contributed by atoms with Crippen molar-refractivity contribution < 1.29 is 0 Å². The lowest BCUT2D eigenvalue weighted by Crippen LogP contribution is -2.28. The van der Waals surface area contributed by atoms with Crippen LogP contribution in [0.25, 0.3) is 0 Å². The average molecular weight is 231 g/mol. The third-order valence-corrected chi connectivity index (χ3v) is 3.38. The second kappa shape index (κ2) is 5.34. The fourth-order valence-electron chi connectivity index (χ4n) is 2.37. The fraction of sp³-hybridized carbons (Fsp3) is 0.429. The Labute approximate surface area is 103 Å². The highest BCUT2D eigenvalue weighted by Crippen LogP contribution is 2.29. The predicted molar refractivity (Wildman–Crippen MR) is 73.4 cm³/mol. The molecule has 1 aromatic rings. The van der Waals surface area contributed by atoms with E-state index < -0.39 is 0 Å². The van der Waals surface area contributed by atoms with Gasteiger partial charge in [0, 0.05) is 38.4 Å². The molecule has 0 spiro atoms. The van der Waals surface area contributed by atoms with Crippen LogP contribution in [0.4, 0.5) is 5.69 Å². The van der Waals surface area contributed by atoms with Crippen LogP contribution in [-0.2, 0) is 6.42 Å². The van der Waals surface area contributed by atoms with Gasteiger partial charge in [-0.2, -0.15) is 0 Å². The molecule has 0 saturated heterocycles. The van der Waals surface area contributed by atoms with Crippen molar-refractivity contribution in [1.29, 1.82) is 0 Å². The third kappa shape index (κ3) is 2.51. The van der Waals surface area contributed by atoms with Gasteiger partial charge in [0.05, 0.1) is 0 Å². The molecule has 1 aliphatic heterocycles. The van der Waals surface area contributed by atoms with Gasteiger partial charge >= 0.3 is 0 Å². The quantitative estimate of drug-likeness (QED) is 0.754. The first-order valence-corrected chi connectivity index (χ1v) is 6.14. The first kappa shape index (κ1) is 12.1. The van der Waals surface area contributed by atoms with E-state index in [1.165, 1.54) is 16.8 Å². The molecule has 0 radical (unpaired) electrons. The second-order valence-corrected chi connectivity index (χ2v) is 4.54. The molecule has 3 nitrogen and oxygen atoms in total. The summed E-state index contributed by atoms with van der Waals surface area (Å²) >= 11 is 0. The standard InChI is InChI=1S/C14H21N3/c1-3-7-16-13(10-15)11-4-5-14-12(9-11)6-8-17(14)2/h3-5,9,13,16H,1,6-8,10,15H2,2H3. The van der Waals surface area contributed by atoms with E-state index in [4.69, 9.17) is 5.73 Å². The summed E-state index contributed by atoms with van der Waals surface area (Å²) in [7, 11) is 2.14. The summed E-state index contributed by atoms with van der Waals surface area (Å²) in [6.45, 7) is 6.24. The Bertz CT molecular complexity index is 400. The number of likely N-dealkylation sites (N-methyl/N-ethyl adjacent to an activating group) is 1. The van der Waals surface area contributed by atoms with Crippen LogP contribution in [0, 0.1) is 0 Å². The Morgan fingerprint density at radius 3 is 3.12 bits per heavy atom. The van der Waals surface area contributed by atoms with Gasteiger partial charge in [0.25, 0.3) is 0 Å². The second-order valence-electron chi connectivity index (χ2n) is 4.54. The lowest BCUT2D eigenvalue weighted by atomic mass is 10.0. The molecule has 1 aliphatic rings. The van der Waals surface area contributed by atoms with E-state index in [0.717, 1.165) is 19.5 Å². The van der Waals surface area contributed by atoms with Crippen molar-refractivity contribution in [3.8, 4) is 0 Å². The molecule has 1 atom stereocenters. The third-order valence-electron chi connectivity index (χ3n) is 3.38. The Morgan fingerprint density at radius 1 is 1.59 bits per heavy atom. The summed E-state index contributed by atoms with van der Waals surface area (Å²) in [5.41, 5.74) is 9.88. The minimum Gasteiger partial charge on any atom is -0.374 e. The Morgan fingerprint density at radius 2 is 2.41 bits per heavy atom. The van der Waals surface area contributed by atoms with Gasteiger partial charge in [0.1, 0.15) is 0 Å². The number of hydrogen-bond acceptors (Lipinski definition) is 3. The summed E-state index contributed by atoms with van der Waals surface area (Å²) in [5, 5.41) is 3.38. The number of hydrogen-bond donors (Lipinski definition) is 2. The minimum absolute atomic E-state index is 0.226. The zero-order valence-corrected chi connectivity index (χ0v) is 10.4. The van der Waals surface area contributed by atoms with Crippen molar-refractivity contribution in [3.05, 3.63) is 42.0 Å². The van der Waals surface area contributed by atoms with Gasteiger partial charge in [0.15, 0.2) is 0 Å². The van der Waals surface area contributed by atoms with Gasteiger partial charge in [-0.05, 0) is 23.6 Å². The van der Waals surface area contributed by atoms with Crippen molar-refractivity contribution in [2.24, 2.45) is 5.73 Å². The van der Waals surface area contributed by atoms with Crippen LogP contribution >= 0.6 is 0 Å². The molecule has 0 fully saturated rings. The highest BCUT2D eigenvalue weighted by molar-refractivity contribution is 5.58. The number of nitrogens with zero attached hydrogens (tertiary/aromatic N) is 1. The fourth-order valence-corrected chi connectivity index (χ4v) is 2.37. The van der Waals surface area contributed by atoms with Crippen LogP contribution in [0.3, 0.4) is 0 Å². The number of fused-ring (bicyclic) bond motifs is 1. The monoisotopic (exact) mass is 231 g/mol. The maximum Gasteiger partial charge on any atom is 0.0447 e. The molecule has 0 bridgehead atoms. The van der Waals surface area contributed by atoms with Gasteiger partial charge in [-0.3, -0.25) is 0 Å². The molecule has 3 heteroatoms. The molecule has 1 unspecified atom stereocenters. The van der Waals surface area contributed by atoms with E-state index in [9.17, 15) is 0 Å². The van der Waals surface area contributed by atoms with E-state index >= 15 is 0 Å². The zero-order valence-electron chi connectivity index (χ0n) is 10.4. The van der Waals surface area contributed by atoms with E-state index in [1.54, 1.807) is 0 Å². The lowest BCUT2D eigenvalue weighted by molar-refractivity contribution is 0.577. The summed E-state index contributed by atoms with van der Waals surface area (Å²) in [6.07, 6.45) is 3.00. The maximum atomic E-state index is 5.81. The van der Waals surface area contributed by atoms with Gasteiger partial charge in [-0.15, -0.1) is 6.58 Å². The molecule has 0 saturated carbocycles. The van der Waals surface area contributed by atoms with Crippen LogP contribution in [-0.4, -0.2) is 26.7 Å². The molecule has 2 rings (SSSR count). The van der Waals surface area contributed by atoms with E-state index in [1.807, 2.05) is 6.08 Å². The summed E-state index contributed by atoms with van der Waals surface area (Å²) in [5.74, 6) is 0. The molecule has 0 aromatic heterocycles. The first-order chi connectivity index (χ1) is 8.26. The Hall–Kier alpha value is -1.32. The molecule has 1 heterocycles. The lowest BCUT2D eigenvalue weighted by Gasteiger charge is -2.18. The smallest absolute Gasteiger partial charge is 0.0447 e. The molecular formula is C14H21N3. The molecule has 92 valence electrons. The molecule has 17 heavy (non-hydrogen) atoms. The molecule has 3 N–H and O–H groups in total. The summed E-state index contributed by atoms with van der Waals surface area (Å²) in [4.78, 5) is 2.30. The highest BCUT2D eigenvalue weighted by Gasteiger charge is 2.17. The van der Waals surface area contributed by atoms with Crippen molar-refractivity contribution in [3.63, 3.8) is 0 Å². The minimum atomic E-state index is 0.226. The normalized spacial score (nSPS) is 15.8. The maximum absolute atomic E-state index is 5.81. The van der Waals surface area contributed by atoms with Gasteiger partial charge < -0.3 is 16.0 Å². The van der Waals surface area contributed by atoms with Crippen molar-refractivity contribution in [2.75, 3.05) is 31.6 Å². The summed E-state index contributed by atoms with van der Waals surface area (Å²) < 4.78 is 0. The zero-order chi connectivity index (χ0) is 12.3. The van der Waals surface area contributed by atoms with Gasteiger partial charge in [0.2, 0.25) is 0 Å². The first-order valence-electron chi connectivity index (χ1n) is 6.14. The topological polar surface area (TPSA) is 41.3 Å². The Kier molecular flexibility index (Phi) is 3.82. The molecule has 1 aromatic carbocycles. The predicted octanol–water partition coefficient (Wildman–Crippen LogP) is 1.45. The average Bonchev–Trinajstić information content (AvgIpc) is 2.72. The molecular weight excluding hydrogens is 210 g/mol. The van der Waals surface area contributed by atoms with E-state index in [-0.39, 0.29) is 6.04 Å². The van der Waals surface area contributed by atoms with Gasteiger partial charge in [-0.25, -0.2) is 0 Å². The SMILES string of the molecule is C=CCNC(CN)c1ccc2c(c1)CCN2C. The van der Waals surface area contributed by atoms with Crippen LogP contribution in [0.15, 0.2) is 30.9 Å². The summed E-state index contributed by atoms with van der Waals surface area (Å²) in [6, 6.07) is 6.89. The van der Waals surface area contributed by atoms with Crippen molar-refractivity contribution in [1.82, 2.24) is 5.32 Å². The molecule has 0 aliphatic carbocycles. The largest absolute Gasteiger partial charge is 0.374 e. The number of nitrogens with one attached hydrogen (secondary N) is 1. The van der Waals surface area contributed by atoms with E-state index in [2.05, 4.69) is 42.0 Å². The highest BCUT2D eigenvalue weighted by atomic mass is 15.1. The van der Waals surface area contributed by atoms with Crippen LogP contribution < -0.4 is 16.0 Å². The van der Waals surface area contributed by atoms with Gasteiger partial charge in [-0.1, -0.05) is 18.2 Å². The van der Waals surface area contributed by atoms with Crippen LogP contribution in [0.5, 0.6) is 0 Å². The van der Waals surface area contributed by atoms with Crippen molar-refractivity contribution >= 4 is 5.69 Å². The van der Waals surface area contributed by atoms with Crippen molar-refractivity contribution in [2.45, 2.75) is 12.5 Å². The van der Waals surface area contributed by atoms with Crippen LogP contribution in [0.2, 0.25) is 0 Å². The number of nitrogens with two attached hydrogens (primary N) is 1. The van der Waals surface area contributed by atoms with Crippen LogP contribution in [0.1, 0.15) is 17.2 Å². The number of anilines is 1. The molecule has 0 amide bonds.